The van der Waals surface area contributed by atoms with Crippen LogP contribution in [0.15, 0.2) is 58.3 Å². The van der Waals surface area contributed by atoms with Gasteiger partial charge in [-0.1, -0.05) is 30.3 Å². The molecule has 0 amide bonds. The number of hydrogen-bond acceptors (Lipinski definition) is 6. The summed E-state index contributed by atoms with van der Waals surface area (Å²) in [5, 5.41) is 9.98. The van der Waals surface area contributed by atoms with E-state index in [0.29, 0.717) is 5.56 Å². The van der Waals surface area contributed by atoms with Crippen LogP contribution in [-0.2, 0) is 31.6 Å². The van der Waals surface area contributed by atoms with Gasteiger partial charge in [-0.2, -0.15) is 16.8 Å². The molecule has 130 valence electrons. The van der Waals surface area contributed by atoms with E-state index in [1.54, 1.807) is 0 Å². The monoisotopic (exact) mass is 374 g/mol. The van der Waals surface area contributed by atoms with Crippen molar-refractivity contribution in [2.45, 2.75) is 22.7 Å². The van der Waals surface area contributed by atoms with Crippen LogP contribution >= 0.6 is 0 Å². The van der Waals surface area contributed by atoms with Gasteiger partial charge in [-0.25, -0.2) is 0 Å². The molecule has 1 unspecified atom stereocenters. The quantitative estimate of drug-likeness (QED) is 0.509. The van der Waals surface area contributed by atoms with Crippen LogP contribution in [0.3, 0.4) is 0 Å². The summed E-state index contributed by atoms with van der Waals surface area (Å²) >= 11 is 0. The topological polar surface area (TPSA) is 138 Å². The highest BCUT2D eigenvalue weighted by Gasteiger charge is 2.20. The highest BCUT2D eigenvalue weighted by molar-refractivity contribution is 7.86. The lowest BCUT2D eigenvalue weighted by Gasteiger charge is -2.15. The van der Waals surface area contributed by atoms with Gasteiger partial charge in [0.15, 0.2) is 6.29 Å². The molecule has 2 rings (SSSR count). The molecule has 0 saturated carbocycles. The molecule has 8 nitrogen and oxygen atoms in total. The summed E-state index contributed by atoms with van der Waals surface area (Å²) in [4.78, 5) is -0.761. The Morgan fingerprint density at radius 2 is 1.46 bits per heavy atom. The molecule has 3 N–H and O–H groups in total. The minimum atomic E-state index is -4.52. The Hall–Kier alpha value is -1.82. The van der Waals surface area contributed by atoms with E-state index in [1.807, 2.05) is 0 Å². The summed E-state index contributed by atoms with van der Waals surface area (Å²) < 4.78 is 67.6. The van der Waals surface area contributed by atoms with Crippen molar-refractivity contribution in [1.29, 1.82) is 0 Å². The van der Waals surface area contributed by atoms with Crippen molar-refractivity contribution in [2.24, 2.45) is 0 Å². The molecule has 0 aliphatic rings. The van der Waals surface area contributed by atoms with Crippen LogP contribution in [0.1, 0.15) is 17.4 Å². The largest absolute Gasteiger partial charge is 0.364 e. The zero-order chi connectivity index (χ0) is 18.0. The lowest BCUT2D eigenvalue weighted by Crippen LogP contribution is -2.10. The van der Waals surface area contributed by atoms with Crippen LogP contribution in [0.2, 0.25) is 0 Å². The molecular formula is C14H14O8S2. The molecule has 10 heteroatoms. The van der Waals surface area contributed by atoms with Gasteiger partial charge in [-0.3, -0.25) is 9.11 Å². The van der Waals surface area contributed by atoms with Gasteiger partial charge in [0.2, 0.25) is 0 Å². The first kappa shape index (κ1) is 18.5. The van der Waals surface area contributed by atoms with E-state index < -0.39 is 31.4 Å². The molecule has 0 aliphatic carbocycles. The Bertz CT molecular complexity index is 918. The lowest BCUT2D eigenvalue weighted by atomic mass is 10.2. The smallest absolute Gasteiger partial charge is 0.294 e. The van der Waals surface area contributed by atoms with Gasteiger partial charge >= 0.3 is 0 Å². The summed E-state index contributed by atoms with van der Waals surface area (Å²) in [5.41, 5.74) is 0.348. The SMILES string of the molecule is O=S(=O)(O)c1ccc(COC(O)c2ccccc2S(=O)(=O)O)cc1. The van der Waals surface area contributed by atoms with Crippen molar-refractivity contribution in [3.05, 3.63) is 59.7 Å². The third-order valence-corrected chi connectivity index (χ3v) is 4.89. The number of benzene rings is 2. The van der Waals surface area contributed by atoms with E-state index in [-0.39, 0.29) is 17.1 Å². The molecule has 0 radical (unpaired) electrons. The van der Waals surface area contributed by atoms with E-state index in [2.05, 4.69) is 0 Å². The van der Waals surface area contributed by atoms with Crippen LogP contribution in [0, 0.1) is 0 Å². The Morgan fingerprint density at radius 1 is 0.875 bits per heavy atom. The number of hydrogen-bond donors (Lipinski definition) is 3. The summed E-state index contributed by atoms with van der Waals surface area (Å²) in [6.45, 7) is -0.160. The first-order valence-corrected chi connectivity index (χ1v) is 9.39. The summed E-state index contributed by atoms with van der Waals surface area (Å²) in [7, 11) is -8.82. The number of aliphatic hydroxyl groups is 1. The van der Waals surface area contributed by atoms with Gasteiger partial charge in [0.25, 0.3) is 20.2 Å². The van der Waals surface area contributed by atoms with Crippen LogP contribution in [0.25, 0.3) is 0 Å². The van der Waals surface area contributed by atoms with Crippen LogP contribution < -0.4 is 0 Å². The molecule has 2 aromatic rings. The first-order valence-electron chi connectivity index (χ1n) is 6.51. The van der Waals surface area contributed by atoms with E-state index in [9.17, 15) is 21.9 Å². The second kappa shape index (κ2) is 6.97. The van der Waals surface area contributed by atoms with Gasteiger partial charge < -0.3 is 9.84 Å². The highest BCUT2D eigenvalue weighted by Crippen LogP contribution is 2.24. The first-order chi connectivity index (χ1) is 11.1. The normalized spacial score (nSPS) is 13.6. The fourth-order valence-corrected chi connectivity index (χ4v) is 3.14. The third-order valence-electron chi connectivity index (χ3n) is 3.09. The number of rotatable bonds is 6. The van der Waals surface area contributed by atoms with Crippen molar-refractivity contribution < 1.29 is 35.8 Å². The highest BCUT2D eigenvalue weighted by atomic mass is 32.2. The minimum absolute atomic E-state index is 0.130. The fraction of sp³-hybridized carbons (Fsp3) is 0.143. The summed E-state index contributed by atoms with van der Waals surface area (Å²) in [6.07, 6.45) is -1.62. The zero-order valence-corrected chi connectivity index (χ0v) is 13.7. The lowest BCUT2D eigenvalue weighted by molar-refractivity contribution is -0.113. The average Bonchev–Trinajstić information content (AvgIpc) is 2.51. The molecule has 1 atom stereocenters. The molecular weight excluding hydrogens is 360 g/mol. The molecule has 0 heterocycles. The van der Waals surface area contributed by atoms with Gasteiger partial charge in [-0.05, 0) is 23.8 Å². The predicted molar refractivity (Wildman–Crippen MR) is 82.3 cm³/mol. The van der Waals surface area contributed by atoms with Gasteiger partial charge in [0, 0.05) is 5.56 Å². The zero-order valence-electron chi connectivity index (χ0n) is 12.1. The molecule has 2 aromatic carbocycles. The average molecular weight is 374 g/mol. The third kappa shape index (κ3) is 4.60. The second-order valence-corrected chi connectivity index (χ2v) is 7.61. The maximum absolute atomic E-state index is 11.3. The van der Waals surface area contributed by atoms with E-state index in [0.717, 1.165) is 18.2 Å². The van der Waals surface area contributed by atoms with Crippen molar-refractivity contribution in [2.75, 3.05) is 0 Å². The Morgan fingerprint density at radius 3 is 2.00 bits per heavy atom. The van der Waals surface area contributed by atoms with Gasteiger partial charge in [-0.15, -0.1) is 0 Å². The molecule has 24 heavy (non-hydrogen) atoms. The predicted octanol–water partition coefficient (Wildman–Crippen LogP) is 1.39. The van der Waals surface area contributed by atoms with Crippen LogP contribution in [-0.4, -0.2) is 31.0 Å². The molecule has 0 aromatic heterocycles. The fourth-order valence-electron chi connectivity index (χ4n) is 1.94. The summed E-state index contributed by atoms with van der Waals surface area (Å²) in [5.74, 6) is 0. The van der Waals surface area contributed by atoms with E-state index in [1.165, 1.54) is 30.3 Å². The Kier molecular flexibility index (Phi) is 5.38. The van der Waals surface area contributed by atoms with Crippen molar-refractivity contribution >= 4 is 20.2 Å². The van der Waals surface area contributed by atoms with Crippen molar-refractivity contribution in [3.63, 3.8) is 0 Å². The van der Waals surface area contributed by atoms with Crippen LogP contribution in [0.5, 0.6) is 0 Å². The van der Waals surface area contributed by atoms with Gasteiger partial charge in [0.1, 0.15) is 4.90 Å². The molecule has 0 bridgehead atoms. The molecule has 0 spiro atoms. The minimum Gasteiger partial charge on any atom is -0.364 e. The van der Waals surface area contributed by atoms with Crippen molar-refractivity contribution in [3.8, 4) is 0 Å². The van der Waals surface area contributed by atoms with Crippen LogP contribution in [0.4, 0.5) is 0 Å². The standard InChI is InChI=1S/C14H14O8S2/c15-14(12-3-1-2-4-13(12)24(19,20)21)22-9-10-5-7-11(8-6-10)23(16,17)18/h1-8,14-15H,9H2,(H,16,17,18)(H,19,20,21). The number of aliphatic hydroxyl groups excluding tert-OH is 1. The van der Waals surface area contributed by atoms with E-state index in [4.69, 9.17) is 13.8 Å². The Labute approximate surface area is 138 Å². The van der Waals surface area contributed by atoms with E-state index >= 15 is 0 Å². The molecule has 0 aliphatic heterocycles. The Balaban J connectivity index is 2.13. The summed E-state index contributed by atoms with van der Waals surface area (Å²) in [6, 6.07) is 10.3. The van der Waals surface area contributed by atoms with Crippen molar-refractivity contribution in [1.82, 2.24) is 0 Å². The van der Waals surface area contributed by atoms with Gasteiger partial charge in [0.05, 0.1) is 11.5 Å². The number of ether oxygens (including phenoxy) is 1. The maximum atomic E-state index is 11.3. The second-order valence-electron chi connectivity index (χ2n) is 4.80. The maximum Gasteiger partial charge on any atom is 0.294 e. The molecule has 0 fully saturated rings. The molecule has 0 saturated heterocycles.